The van der Waals surface area contributed by atoms with Crippen molar-refractivity contribution in [2.24, 2.45) is 0 Å². The van der Waals surface area contributed by atoms with Gasteiger partial charge in [-0.3, -0.25) is 4.79 Å². The summed E-state index contributed by atoms with van der Waals surface area (Å²) in [4.78, 5) is 12.1. The summed E-state index contributed by atoms with van der Waals surface area (Å²) in [5.74, 6) is 1.33. The van der Waals surface area contributed by atoms with Crippen LogP contribution in [0.1, 0.15) is 12.0 Å². The summed E-state index contributed by atoms with van der Waals surface area (Å²) in [6.07, 6.45) is 1.13. The summed E-state index contributed by atoms with van der Waals surface area (Å²) in [5, 5.41) is 3.42. The smallest absolute Gasteiger partial charge is 0.228 e. The van der Waals surface area contributed by atoms with Gasteiger partial charge in [0, 0.05) is 17.1 Å². The number of rotatable bonds is 3. The van der Waals surface area contributed by atoms with E-state index in [0.29, 0.717) is 29.7 Å². The van der Waals surface area contributed by atoms with E-state index in [4.69, 9.17) is 21.1 Å². The molecule has 0 unspecified atom stereocenters. The lowest BCUT2D eigenvalue weighted by atomic mass is 10.1. The van der Waals surface area contributed by atoms with Crippen molar-refractivity contribution in [1.29, 1.82) is 0 Å². The fraction of sp³-hybridized carbons (Fsp3) is 0.235. The van der Waals surface area contributed by atoms with Gasteiger partial charge in [0.05, 0.1) is 19.6 Å². The summed E-state index contributed by atoms with van der Waals surface area (Å²) in [6.45, 7) is 1.28. The number of amides is 1. The molecule has 0 atom stereocenters. The van der Waals surface area contributed by atoms with E-state index in [1.165, 1.54) is 0 Å². The van der Waals surface area contributed by atoms with E-state index >= 15 is 0 Å². The number of carbonyl (C=O) groups excluding carboxylic acids is 1. The van der Waals surface area contributed by atoms with Gasteiger partial charge in [0.25, 0.3) is 0 Å². The van der Waals surface area contributed by atoms with Gasteiger partial charge in [0.15, 0.2) is 11.5 Å². The van der Waals surface area contributed by atoms with Crippen LogP contribution in [0.4, 0.5) is 5.69 Å². The number of fused-ring (bicyclic) bond motifs is 1. The molecule has 0 bridgehead atoms. The molecule has 5 heteroatoms. The Morgan fingerprint density at radius 1 is 1.09 bits per heavy atom. The minimum atomic E-state index is -0.100. The van der Waals surface area contributed by atoms with Crippen molar-refractivity contribution in [3.05, 3.63) is 53.1 Å². The lowest BCUT2D eigenvalue weighted by Gasteiger charge is -2.10. The van der Waals surface area contributed by atoms with E-state index in [1.807, 2.05) is 18.2 Å². The van der Waals surface area contributed by atoms with Gasteiger partial charge in [0.1, 0.15) is 0 Å². The Hall–Kier alpha value is -2.20. The minimum absolute atomic E-state index is 0.100. The molecular weight excluding hydrogens is 302 g/mol. The molecule has 0 aromatic heterocycles. The van der Waals surface area contributed by atoms with Crippen molar-refractivity contribution in [1.82, 2.24) is 0 Å². The van der Waals surface area contributed by atoms with Crippen molar-refractivity contribution in [3.63, 3.8) is 0 Å². The molecule has 0 spiro atoms. The Kier molecular flexibility index (Phi) is 4.49. The first-order valence-corrected chi connectivity index (χ1v) is 7.52. The van der Waals surface area contributed by atoms with Gasteiger partial charge in [-0.25, -0.2) is 0 Å². The molecule has 4 nitrogen and oxygen atoms in total. The summed E-state index contributed by atoms with van der Waals surface area (Å²) < 4.78 is 11.2. The Balaban J connectivity index is 1.67. The third-order valence-electron chi connectivity index (χ3n) is 3.28. The number of halogens is 1. The Labute approximate surface area is 134 Å². The minimum Gasteiger partial charge on any atom is -0.490 e. The highest BCUT2D eigenvalue weighted by Gasteiger charge is 2.12. The molecule has 114 valence electrons. The van der Waals surface area contributed by atoms with E-state index in [2.05, 4.69) is 5.32 Å². The van der Waals surface area contributed by atoms with Crippen molar-refractivity contribution >= 4 is 23.2 Å². The van der Waals surface area contributed by atoms with Crippen LogP contribution in [-0.2, 0) is 11.2 Å². The second kappa shape index (κ2) is 6.71. The predicted molar refractivity (Wildman–Crippen MR) is 85.8 cm³/mol. The van der Waals surface area contributed by atoms with Crippen LogP contribution in [0.2, 0.25) is 5.02 Å². The largest absolute Gasteiger partial charge is 0.490 e. The van der Waals surface area contributed by atoms with Gasteiger partial charge in [-0.2, -0.15) is 0 Å². The van der Waals surface area contributed by atoms with Crippen LogP contribution in [-0.4, -0.2) is 19.1 Å². The van der Waals surface area contributed by atoms with E-state index in [0.717, 1.165) is 17.7 Å². The summed E-state index contributed by atoms with van der Waals surface area (Å²) in [7, 11) is 0. The molecule has 1 aliphatic heterocycles. The number of hydrogen-bond acceptors (Lipinski definition) is 3. The number of anilines is 1. The molecule has 0 fully saturated rings. The third kappa shape index (κ3) is 3.71. The molecule has 1 N–H and O–H groups in total. The van der Waals surface area contributed by atoms with Gasteiger partial charge in [-0.15, -0.1) is 0 Å². The zero-order chi connectivity index (χ0) is 15.4. The van der Waals surface area contributed by atoms with Crippen LogP contribution in [0.25, 0.3) is 0 Å². The first-order valence-electron chi connectivity index (χ1n) is 7.15. The van der Waals surface area contributed by atoms with Crippen LogP contribution in [0, 0.1) is 0 Å². The molecule has 1 amide bonds. The molecular formula is C17H16ClNO3. The van der Waals surface area contributed by atoms with Crippen LogP contribution in [0.3, 0.4) is 0 Å². The monoisotopic (exact) mass is 317 g/mol. The highest BCUT2D eigenvalue weighted by molar-refractivity contribution is 6.30. The van der Waals surface area contributed by atoms with Gasteiger partial charge in [0.2, 0.25) is 5.91 Å². The average Bonchev–Trinajstić information content (AvgIpc) is 2.72. The molecule has 1 heterocycles. The molecule has 0 radical (unpaired) electrons. The molecule has 3 rings (SSSR count). The molecule has 0 saturated carbocycles. The molecule has 2 aromatic rings. The molecule has 0 saturated heterocycles. The SMILES string of the molecule is O=C(Cc1ccc2c(c1)OCCCO2)Nc1cccc(Cl)c1. The van der Waals surface area contributed by atoms with E-state index in [-0.39, 0.29) is 12.3 Å². The van der Waals surface area contributed by atoms with Crippen LogP contribution in [0.15, 0.2) is 42.5 Å². The lowest BCUT2D eigenvalue weighted by Crippen LogP contribution is -2.14. The molecule has 2 aromatic carbocycles. The van der Waals surface area contributed by atoms with E-state index < -0.39 is 0 Å². The molecule has 0 aliphatic carbocycles. The Bertz CT molecular complexity index is 687. The number of nitrogens with one attached hydrogen (secondary N) is 1. The fourth-order valence-corrected chi connectivity index (χ4v) is 2.46. The van der Waals surface area contributed by atoms with E-state index in [9.17, 15) is 4.79 Å². The fourth-order valence-electron chi connectivity index (χ4n) is 2.27. The van der Waals surface area contributed by atoms with E-state index in [1.54, 1.807) is 24.3 Å². The summed E-state index contributed by atoms with van der Waals surface area (Å²) >= 11 is 5.90. The maximum Gasteiger partial charge on any atom is 0.228 e. The highest BCUT2D eigenvalue weighted by Crippen LogP contribution is 2.30. The summed E-state index contributed by atoms with van der Waals surface area (Å²) in [5.41, 5.74) is 1.57. The zero-order valence-corrected chi connectivity index (χ0v) is 12.7. The van der Waals surface area contributed by atoms with Crippen LogP contribution >= 0.6 is 11.6 Å². The van der Waals surface area contributed by atoms with Gasteiger partial charge in [-0.05, 0) is 35.9 Å². The van der Waals surface area contributed by atoms with Crippen molar-refractivity contribution < 1.29 is 14.3 Å². The first kappa shape index (κ1) is 14.7. The molecule has 22 heavy (non-hydrogen) atoms. The number of ether oxygens (including phenoxy) is 2. The predicted octanol–water partition coefficient (Wildman–Crippen LogP) is 3.68. The normalized spacial score (nSPS) is 13.3. The maximum atomic E-state index is 12.1. The second-order valence-electron chi connectivity index (χ2n) is 5.07. The highest BCUT2D eigenvalue weighted by atomic mass is 35.5. The average molecular weight is 318 g/mol. The van der Waals surface area contributed by atoms with Crippen LogP contribution < -0.4 is 14.8 Å². The van der Waals surface area contributed by atoms with Gasteiger partial charge < -0.3 is 14.8 Å². The van der Waals surface area contributed by atoms with Crippen molar-refractivity contribution in [2.45, 2.75) is 12.8 Å². The Morgan fingerprint density at radius 3 is 2.73 bits per heavy atom. The quantitative estimate of drug-likeness (QED) is 0.939. The zero-order valence-electron chi connectivity index (χ0n) is 12.0. The van der Waals surface area contributed by atoms with Gasteiger partial charge >= 0.3 is 0 Å². The third-order valence-corrected chi connectivity index (χ3v) is 3.52. The maximum absolute atomic E-state index is 12.1. The lowest BCUT2D eigenvalue weighted by molar-refractivity contribution is -0.115. The van der Waals surface area contributed by atoms with Crippen molar-refractivity contribution in [2.75, 3.05) is 18.5 Å². The first-order chi connectivity index (χ1) is 10.7. The number of benzene rings is 2. The topological polar surface area (TPSA) is 47.6 Å². The summed E-state index contributed by atoms with van der Waals surface area (Å²) in [6, 6.07) is 12.7. The number of carbonyl (C=O) groups is 1. The Morgan fingerprint density at radius 2 is 1.91 bits per heavy atom. The van der Waals surface area contributed by atoms with Crippen molar-refractivity contribution in [3.8, 4) is 11.5 Å². The second-order valence-corrected chi connectivity index (χ2v) is 5.50. The standard InChI is InChI=1S/C17H16ClNO3/c18-13-3-1-4-14(11-13)19-17(20)10-12-5-6-15-16(9-12)22-8-2-7-21-15/h1,3-6,9,11H,2,7-8,10H2,(H,19,20). The van der Waals surface area contributed by atoms with Crippen LogP contribution in [0.5, 0.6) is 11.5 Å². The number of hydrogen-bond donors (Lipinski definition) is 1. The van der Waals surface area contributed by atoms with Gasteiger partial charge in [-0.1, -0.05) is 23.7 Å². The molecule has 1 aliphatic rings.